The van der Waals surface area contributed by atoms with Crippen LogP contribution in [0.5, 0.6) is 0 Å². The zero-order chi connectivity index (χ0) is 10.6. The van der Waals surface area contributed by atoms with Gasteiger partial charge in [-0.05, 0) is 12.8 Å². The van der Waals surface area contributed by atoms with Gasteiger partial charge < -0.3 is 10.1 Å². The minimum Gasteiger partial charge on any atom is -0.469 e. The smallest absolute Gasteiger partial charge is 0.406 e. The minimum absolute atomic E-state index is 0.0686. The third-order valence-corrected chi connectivity index (χ3v) is 3.21. The lowest BCUT2D eigenvalue weighted by atomic mass is 9.61. The zero-order valence-corrected chi connectivity index (χ0v) is 7.57. The van der Waals surface area contributed by atoms with Crippen molar-refractivity contribution in [3.05, 3.63) is 0 Å². The number of rotatable bonds is 1. The molecule has 0 aromatic carbocycles. The molecule has 2 aliphatic heterocycles. The summed E-state index contributed by atoms with van der Waals surface area (Å²) in [6.07, 6.45) is -4.65. The first-order chi connectivity index (χ1) is 6.35. The van der Waals surface area contributed by atoms with Gasteiger partial charge in [0.15, 0.2) is 0 Å². The van der Waals surface area contributed by atoms with Crippen LogP contribution in [0.3, 0.4) is 0 Å². The topological polar surface area (TPSA) is 38.3 Å². The average Bonchev–Trinajstić information content (AvgIpc) is 2.55. The number of ether oxygens (including phenoxy) is 1. The molecule has 0 spiro atoms. The van der Waals surface area contributed by atoms with Gasteiger partial charge in [0.1, 0.15) is 5.54 Å². The number of methoxy groups -OCH3 is 1. The molecule has 1 saturated carbocycles. The van der Waals surface area contributed by atoms with Gasteiger partial charge in [0.2, 0.25) is 0 Å². The van der Waals surface area contributed by atoms with Gasteiger partial charge in [-0.3, -0.25) is 4.79 Å². The van der Waals surface area contributed by atoms with E-state index < -0.39 is 23.1 Å². The quantitative estimate of drug-likeness (QED) is 0.650. The molecule has 0 aromatic heterocycles. The first-order valence-corrected chi connectivity index (χ1v) is 4.25. The van der Waals surface area contributed by atoms with E-state index in [-0.39, 0.29) is 19.4 Å². The van der Waals surface area contributed by atoms with E-state index in [4.69, 9.17) is 0 Å². The summed E-state index contributed by atoms with van der Waals surface area (Å²) in [5, 5.41) is 2.38. The molecule has 14 heavy (non-hydrogen) atoms. The number of nitrogens with one attached hydrogen (secondary N) is 1. The first kappa shape index (κ1) is 9.76. The second-order valence-corrected chi connectivity index (χ2v) is 4.06. The lowest BCUT2D eigenvalue weighted by molar-refractivity contribution is -0.223. The van der Waals surface area contributed by atoms with Crippen LogP contribution in [0.15, 0.2) is 0 Å². The Morgan fingerprint density at radius 3 is 2.36 bits per heavy atom. The van der Waals surface area contributed by atoms with Gasteiger partial charge in [0, 0.05) is 6.54 Å². The molecule has 3 aliphatic rings. The van der Waals surface area contributed by atoms with Crippen LogP contribution in [-0.4, -0.2) is 31.3 Å². The molecule has 2 heterocycles. The highest BCUT2D eigenvalue weighted by Gasteiger charge is 2.75. The largest absolute Gasteiger partial charge is 0.469 e. The Hall–Kier alpha value is -0.780. The Bertz CT molecular complexity index is 281. The summed E-state index contributed by atoms with van der Waals surface area (Å²) in [4.78, 5) is 11.2. The average molecular weight is 209 g/mol. The second kappa shape index (κ2) is 2.42. The van der Waals surface area contributed by atoms with E-state index in [1.807, 2.05) is 0 Å². The molecule has 3 fully saturated rings. The molecular weight excluding hydrogens is 199 g/mol. The van der Waals surface area contributed by atoms with Crippen LogP contribution < -0.4 is 5.32 Å². The predicted molar refractivity (Wildman–Crippen MR) is 40.5 cm³/mol. The van der Waals surface area contributed by atoms with Crippen molar-refractivity contribution in [1.82, 2.24) is 5.32 Å². The number of hydrogen-bond acceptors (Lipinski definition) is 3. The monoisotopic (exact) mass is 209 g/mol. The first-order valence-electron chi connectivity index (χ1n) is 4.25. The maximum absolute atomic E-state index is 12.5. The van der Waals surface area contributed by atoms with Crippen LogP contribution in [0.2, 0.25) is 0 Å². The maximum atomic E-state index is 12.5. The summed E-state index contributed by atoms with van der Waals surface area (Å²) >= 11 is 0. The molecular formula is C8H10F3NO2. The number of hydrogen-bond donors (Lipinski definition) is 1. The summed E-state index contributed by atoms with van der Waals surface area (Å²) < 4.78 is 42.0. The van der Waals surface area contributed by atoms with E-state index in [9.17, 15) is 18.0 Å². The van der Waals surface area contributed by atoms with Crippen molar-refractivity contribution in [1.29, 1.82) is 0 Å². The van der Waals surface area contributed by atoms with Crippen molar-refractivity contribution in [2.24, 2.45) is 5.41 Å². The lowest BCUT2D eigenvalue weighted by Crippen LogP contribution is -2.60. The Morgan fingerprint density at radius 2 is 2.00 bits per heavy atom. The molecule has 6 heteroatoms. The predicted octanol–water partition coefficient (Wildman–Crippen LogP) is 0.844. The Labute approximate surface area is 78.6 Å². The number of alkyl halides is 3. The highest BCUT2D eigenvalue weighted by molar-refractivity contribution is 5.80. The van der Waals surface area contributed by atoms with Crippen LogP contribution in [0, 0.1) is 5.41 Å². The maximum Gasteiger partial charge on any atom is 0.406 e. The molecule has 2 saturated heterocycles. The fraction of sp³-hybridized carbons (Fsp3) is 0.875. The van der Waals surface area contributed by atoms with Crippen molar-refractivity contribution >= 4 is 5.97 Å². The van der Waals surface area contributed by atoms with E-state index in [1.165, 1.54) is 7.11 Å². The number of carbonyl (C=O) groups is 1. The number of halogens is 3. The SMILES string of the molecule is COC(=O)C12CNC(C(F)(F)F)(C1)C2. The Kier molecular flexibility index (Phi) is 1.69. The third kappa shape index (κ3) is 0.945. The molecule has 1 aliphatic carbocycles. The highest BCUT2D eigenvalue weighted by atomic mass is 19.4. The summed E-state index contributed by atoms with van der Waals surface area (Å²) in [6.45, 7) is 0.0686. The molecule has 0 amide bonds. The summed E-state index contributed by atoms with van der Waals surface area (Å²) in [6, 6.07) is 0. The molecule has 0 aromatic rings. The number of fused-ring (bicyclic) bond motifs is 1. The van der Waals surface area contributed by atoms with E-state index in [0.717, 1.165) is 0 Å². The van der Waals surface area contributed by atoms with Crippen LogP contribution in [0.1, 0.15) is 12.8 Å². The molecule has 1 N–H and O–H groups in total. The van der Waals surface area contributed by atoms with E-state index in [0.29, 0.717) is 0 Å². The van der Waals surface area contributed by atoms with Crippen molar-refractivity contribution in [3.8, 4) is 0 Å². The molecule has 0 unspecified atom stereocenters. The van der Waals surface area contributed by atoms with Crippen LogP contribution in [-0.2, 0) is 9.53 Å². The summed E-state index contributed by atoms with van der Waals surface area (Å²) in [5.41, 5.74) is -2.76. The standard InChI is InChI=1S/C8H10F3NO2/c1-14-5(13)6-2-7(3-6,12-4-6)8(9,10)11/h12H,2-4H2,1H3. The summed E-state index contributed by atoms with van der Waals surface area (Å²) in [7, 11) is 1.20. The van der Waals surface area contributed by atoms with Crippen LogP contribution >= 0.6 is 0 Å². The van der Waals surface area contributed by atoms with Gasteiger partial charge >= 0.3 is 12.1 Å². The fourth-order valence-corrected chi connectivity index (χ4v) is 2.43. The number of carbonyl (C=O) groups excluding carboxylic acids is 1. The van der Waals surface area contributed by atoms with Gasteiger partial charge in [0.25, 0.3) is 0 Å². The van der Waals surface area contributed by atoms with E-state index in [2.05, 4.69) is 10.1 Å². The molecule has 0 radical (unpaired) electrons. The van der Waals surface area contributed by atoms with E-state index in [1.54, 1.807) is 0 Å². The van der Waals surface area contributed by atoms with Gasteiger partial charge in [-0.25, -0.2) is 0 Å². The van der Waals surface area contributed by atoms with Gasteiger partial charge in [-0.15, -0.1) is 0 Å². The molecule has 3 rings (SSSR count). The van der Waals surface area contributed by atoms with Crippen molar-refractivity contribution < 1.29 is 22.7 Å². The molecule has 0 atom stereocenters. The van der Waals surface area contributed by atoms with Crippen molar-refractivity contribution in [3.63, 3.8) is 0 Å². The lowest BCUT2D eigenvalue weighted by Gasteiger charge is -2.44. The fourth-order valence-electron chi connectivity index (χ4n) is 2.43. The van der Waals surface area contributed by atoms with Gasteiger partial charge in [-0.2, -0.15) is 13.2 Å². The van der Waals surface area contributed by atoms with E-state index >= 15 is 0 Å². The van der Waals surface area contributed by atoms with Crippen molar-refractivity contribution in [2.45, 2.75) is 24.6 Å². The molecule has 3 nitrogen and oxygen atoms in total. The van der Waals surface area contributed by atoms with Gasteiger partial charge in [-0.1, -0.05) is 0 Å². The third-order valence-electron chi connectivity index (χ3n) is 3.21. The zero-order valence-electron chi connectivity index (χ0n) is 7.57. The Balaban J connectivity index is 2.15. The second-order valence-electron chi connectivity index (χ2n) is 4.06. The molecule has 80 valence electrons. The normalized spacial score (nSPS) is 40.6. The summed E-state index contributed by atoms with van der Waals surface area (Å²) in [5.74, 6) is -0.539. The number of esters is 1. The molecule has 2 bridgehead atoms. The van der Waals surface area contributed by atoms with Crippen LogP contribution in [0.4, 0.5) is 13.2 Å². The Morgan fingerprint density at radius 1 is 1.43 bits per heavy atom. The highest BCUT2D eigenvalue weighted by Crippen LogP contribution is 2.60. The van der Waals surface area contributed by atoms with Crippen molar-refractivity contribution in [2.75, 3.05) is 13.7 Å². The van der Waals surface area contributed by atoms with Crippen LogP contribution in [0.25, 0.3) is 0 Å². The van der Waals surface area contributed by atoms with Gasteiger partial charge in [0.05, 0.1) is 12.5 Å². The minimum atomic E-state index is -4.28.